The fourth-order valence-electron chi connectivity index (χ4n) is 2.11. The third-order valence-electron chi connectivity index (χ3n) is 3.11. The van der Waals surface area contributed by atoms with Gasteiger partial charge in [0.25, 0.3) is 0 Å². The third-order valence-corrected chi connectivity index (χ3v) is 3.84. The summed E-state index contributed by atoms with van der Waals surface area (Å²) in [6, 6.07) is 2.37. The number of methoxy groups -OCH3 is 1. The van der Waals surface area contributed by atoms with Crippen molar-refractivity contribution in [3.63, 3.8) is 0 Å². The molecule has 0 spiro atoms. The van der Waals surface area contributed by atoms with E-state index in [9.17, 15) is 0 Å². The van der Waals surface area contributed by atoms with Gasteiger partial charge in [0, 0.05) is 12.2 Å². The van der Waals surface area contributed by atoms with Gasteiger partial charge in [-0.1, -0.05) is 0 Å². The van der Waals surface area contributed by atoms with Gasteiger partial charge in [-0.25, -0.2) is 4.98 Å². The first-order chi connectivity index (χ1) is 8.24. The second-order valence-electron chi connectivity index (χ2n) is 4.17. The minimum absolute atomic E-state index is 0.239. The average Bonchev–Trinajstić information content (AvgIpc) is 2.79. The molecular formula is C12H17BrN2O2. The summed E-state index contributed by atoms with van der Waals surface area (Å²) in [7, 11) is 3.63. The van der Waals surface area contributed by atoms with Crippen LogP contribution in [0.4, 0.5) is 0 Å². The van der Waals surface area contributed by atoms with Crippen molar-refractivity contribution in [3.8, 4) is 11.6 Å². The Balaban J connectivity index is 2.04. The van der Waals surface area contributed by atoms with Crippen LogP contribution in [0.2, 0.25) is 0 Å². The van der Waals surface area contributed by atoms with Gasteiger partial charge in [0.05, 0.1) is 7.11 Å². The van der Waals surface area contributed by atoms with Gasteiger partial charge in [-0.15, -0.1) is 0 Å². The van der Waals surface area contributed by atoms with Crippen LogP contribution in [0.15, 0.2) is 16.7 Å². The zero-order valence-corrected chi connectivity index (χ0v) is 11.7. The molecule has 4 nitrogen and oxygen atoms in total. The Bertz CT molecular complexity index is 387. The molecule has 1 aromatic heterocycles. The van der Waals surface area contributed by atoms with E-state index in [4.69, 9.17) is 9.47 Å². The molecule has 1 heterocycles. The van der Waals surface area contributed by atoms with Gasteiger partial charge in [-0.2, -0.15) is 0 Å². The second kappa shape index (κ2) is 5.69. The minimum atomic E-state index is 0.239. The van der Waals surface area contributed by atoms with Crippen LogP contribution in [-0.2, 0) is 0 Å². The topological polar surface area (TPSA) is 43.4 Å². The molecule has 0 amide bonds. The van der Waals surface area contributed by atoms with Gasteiger partial charge in [0.2, 0.25) is 5.88 Å². The Morgan fingerprint density at radius 1 is 1.47 bits per heavy atom. The molecule has 1 aliphatic rings. The number of aromatic nitrogens is 1. The van der Waals surface area contributed by atoms with Crippen LogP contribution in [0.5, 0.6) is 11.6 Å². The molecule has 1 fully saturated rings. The van der Waals surface area contributed by atoms with Crippen LogP contribution < -0.4 is 14.8 Å². The van der Waals surface area contributed by atoms with Crippen LogP contribution in [-0.4, -0.2) is 31.3 Å². The molecule has 0 aliphatic heterocycles. The highest BCUT2D eigenvalue weighted by atomic mass is 79.9. The Kier molecular flexibility index (Phi) is 4.23. The van der Waals surface area contributed by atoms with E-state index in [1.165, 1.54) is 0 Å². The summed E-state index contributed by atoms with van der Waals surface area (Å²) in [6.45, 7) is 0. The number of hydrogen-bond acceptors (Lipinski definition) is 4. The zero-order valence-electron chi connectivity index (χ0n) is 10.1. The number of hydrogen-bond donors (Lipinski definition) is 1. The first-order valence-electron chi connectivity index (χ1n) is 5.77. The van der Waals surface area contributed by atoms with E-state index in [0.29, 0.717) is 11.9 Å². The summed E-state index contributed by atoms with van der Waals surface area (Å²) in [4.78, 5) is 4.23. The Labute approximate surface area is 110 Å². The first kappa shape index (κ1) is 12.6. The van der Waals surface area contributed by atoms with Crippen LogP contribution in [0.3, 0.4) is 0 Å². The zero-order chi connectivity index (χ0) is 12.3. The summed E-state index contributed by atoms with van der Waals surface area (Å²) in [5.41, 5.74) is 0. The summed E-state index contributed by atoms with van der Waals surface area (Å²) in [5, 5.41) is 3.28. The lowest BCUT2D eigenvalue weighted by atomic mass is 10.2. The molecule has 17 heavy (non-hydrogen) atoms. The van der Waals surface area contributed by atoms with E-state index in [2.05, 4.69) is 26.2 Å². The lowest BCUT2D eigenvalue weighted by molar-refractivity contribution is 0.196. The van der Waals surface area contributed by atoms with E-state index in [0.717, 1.165) is 29.5 Å². The van der Waals surface area contributed by atoms with E-state index in [1.807, 2.05) is 13.1 Å². The SMILES string of the molecule is CN[C@@H]1CCC(Oc2nccc(OC)c2Br)C1. The van der Waals surface area contributed by atoms with Crippen molar-refractivity contribution in [1.82, 2.24) is 10.3 Å². The maximum Gasteiger partial charge on any atom is 0.232 e. The smallest absolute Gasteiger partial charge is 0.232 e. The van der Waals surface area contributed by atoms with Gasteiger partial charge < -0.3 is 14.8 Å². The molecule has 94 valence electrons. The largest absolute Gasteiger partial charge is 0.495 e. The highest BCUT2D eigenvalue weighted by molar-refractivity contribution is 9.10. The average molecular weight is 301 g/mol. The minimum Gasteiger partial charge on any atom is -0.495 e. The molecule has 2 rings (SSSR count). The van der Waals surface area contributed by atoms with E-state index >= 15 is 0 Å². The molecule has 0 radical (unpaired) electrons. The van der Waals surface area contributed by atoms with E-state index in [1.54, 1.807) is 13.3 Å². The van der Waals surface area contributed by atoms with Crippen LogP contribution >= 0.6 is 15.9 Å². The number of rotatable bonds is 4. The van der Waals surface area contributed by atoms with Crippen LogP contribution in [0.1, 0.15) is 19.3 Å². The van der Waals surface area contributed by atoms with Crippen molar-refractivity contribution < 1.29 is 9.47 Å². The van der Waals surface area contributed by atoms with Gasteiger partial charge in [0.15, 0.2) is 0 Å². The fourth-order valence-corrected chi connectivity index (χ4v) is 2.60. The standard InChI is InChI=1S/C12H17BrN2O2/c1-14-8-3-4-9(7-8)17-12-11(13)10(16-2)5-6-15-12/h5-6,8-9,14H,3-4,7H2,1-2H3/t8-,9?/m1/s1. The van der Waals surface area contributed by atoms with Gasteiger partial charge in [0.1, 0.15) is 16.3 Å². The predicted molar refractivity (Wildman–Crippen MR) is 69.6 cm³/mol. The molecule has 0 aromatic carbocycles. The Morgan fingerprint density at radius 2 is 2.29 bits per heavy atom. The van der Waals surface area contributed by atoms with Crippen molar-refractivity contribution in [2.75, 3.05) is 14.2 Å². The predicted octanol–water partition coefficient (Wildman–Crippen LogP) is 2.37. The summed E-state index contributed by atoms with van der Waals surface area (Å²) < 4.78 is 11.9. The molecule has 1 aliphatic carbocycles. The monoisotopic (exact) mass is 300 g/mol. The summed E-state index contributed by atoms with van der Waals surface area (Å²) >= 11 is 3.45. The molecule has 5 heteroatoms. The fraction of sp³-hybridized carbons (Fsp3) is 0.583. The molecule has 0 saturated heterocycles. The number of halogens is 1. The Hall–Kier alpha value is -0.810. The summed E-state index contributed by atoms with van der Waals surface area (Å²) in [6.07, 6.45) is 5.19. The van der Waals surface area contributed by atoms with Crippen molar-refractivity contribution in [2.24, 2.45) is 0 Å². The lowest BCUT2D eigenvalue weighted by Crippen LogP contribution is -2.23. The molecule has 1 unspecified atom stereocenters. The maximum atomic E-state index is 5.90. The van der Waals surface area contributed by atoms with Crippen LogP contribution in [0, 0.1) is 0 Å². The Morgan fingerprint density at radius 3 is 2.94 bits per heavy atom. The normalized spacial score (nSPS) is 23.7. The molecule has 0 bridgehead atoms. The quantitative estimate of drug-likeness (QED) is 0.927. The number of ether oxygens (including phenoxy) is 2. The van der Waals surface area contributed by atoms with E-state index < -0.39 is 0 Å². The van der Waals surface area contributed by atoms with Crippen molar-refractivity contribution in [3.05, 3.63) is 16.7 Å². The number of nitrogens with zero attached hydrogens (tertiary/aromatic N) is 1. The molecule has 1 N–H and O–H groups in total. The van der Waals surface area contributed by atoms with Crippen LogP contribution in [0.25, 0.3) is 0 Å². The molecular weight excluding hydrogens is 284 g/mol. The first-order valence-corrected chi connectivity index (χ1v) is 6.56. The van der Waals surface area contributed by atoms with Crippen molar-refractivity contribution in [1.29, 1.82) is 0 Å². The van der Waals surface area contributed by atoms with Gasteiger partial charge in [-0.05, 0) is 48.3 Å². The lowest BCUT2D eigenvalue weighted by Gasteiger charge is -2.15. The molecule has 1 saturated carbocycles. The van der Waals surface area contributed by atoms with Gasteiger partial charge in [-0.3, -0.25) is 0 Å². The number of pyridine rings is 1. The van der Waals surface area contributed by atoms with Crippen molar-refractivity contribution >= 4 is 15.9 Å². The second-order valence-corrected chi connectivity index (χ2v) is 4.96. The summed E-state index contributed by atoms with van der Waals surface area (Å²) in [5.74, 6) is 1.37. The van der Waals surface area contributed by atoms with E-state index in [-0.39, 0.29) is 6.10 Å². The maximum absolute atomic E-state index is 5.90. The van der Waals surface area contributed by atoms with Crippen molar-refractivity contribution in [2.45, 2.75) is 31.4 Å². The number of nitrogens with one attached hydrogen (secondary N) is 1. The molecule has 1 aromatic rings. The highest BCUT2D eigenvalue weighted by Crippen LogP contribution is 2.34. The highest BCUT2D eigenvalue weighted by Gasteiger charge is 2.26. The molecule has 2 atom stereocenters. The third kappa shape index (κ3) is 2.90. The van der Waals surface area contributed by atoms with Gasteiger partial charge >= 0.3 is 0 Å².